The number of rotatable bonds is 1. The maximum Gasteiger partial charge on any atom is 0.149 e. The molecule has 1 N–H and O–H groups in total. The highest BCUT2D eigenvalue weighted by Gasteiger charge is 2.45. The quantitative estimate of drug-likeness (QED) is 0.784. The zero-order valence-electron chi connectivity index (χ0n) is 8.97. The lowest BCUT2D eigenvalue weighted by atomic mass is 10.1. The van der Waals surface area contributed by atoms with E-state index in [0.29, 0.717) is 5.69 Å². The maximum atomic E-state index is 13.6. The summed E-state index contributed by atoms with van der Waals surface area (Å²) in [5.41, 5.74) is 0.730. The van der Waals surface area contributed by atoms with Gasteiger partial charge in [-0.25, -0.2) is 8.78 Å². The molecule has 1 aromatic rings. The van der Waals surface area contributed by atoms with Crippen molar-refractivity contribution in [3.05, 3.63) is 29.8 Å². The van der Waals surface area contributed by atoms with Gasteiger partial charge in [0.25, 0.3) is 0 Å². The number of halogens is 2. The van der Waals surface area contributed by atoms with Crippen LogP contribution < -0.4 is 10.2 Å². The van der Waals surface area contributed by atoms with Crippen molar-refractivity contribution in [1.82, 2.24) is 5.32 Å². The van der Waals surface area contributed by atoms with Gasteiger partial charge in [0.15, 0.2) is 0 Å². The molecular formula is C12H14F2N2. The van der Waals surface area contributed by atoms with Crippen molar-refractivity contribution in [3.8, 4) is 0 Å². The van der Waals surface area contributed by atoms with Gasteiger partial charge >= 0.3 is 0 Å². The largest absolute Gasteiger partial charge is 0.366 e. The third-order valence-corrected chi connectivity index (χ3v) is 3.48. The molecular weight excluding hydrogens is 210 g/mol. The molecule has 0 atom stereocenters. The second-order valence-corrected chi connectivity index (χ2v) is 4.72. The van der Waals surface area contributed by atoms with Crippen LogP contribution in [0.25, 0.3) is 0 Å². The molecule has 0 aromatic heterocycles. The summed E-state index contributed by atoms with van der Waals surface area (Å²) < 4.78 is 26.4. The van der Waals surface area contributed by atoms with Crippen molar-refractivity contribution < 1.29 is 8.78 Å². The first-order chi connectivity index (χ1) is 7.69. The molecule has 0 radical (unpaired) electrons. The van der Waals surface area contributed by atoms with Gasteiger partial charge in [-0.2, -0.15) is 0 Å². The molecule has 2 fully saturated rings. The van der Waals surface area contributed by atoms with Crippen molar-refractivity contribution in [2.24, 2.45) is 0 Å². The lowest BCUT2D eigenvalue weighted by Gasteiger charge is -2.35. The highest BCUT2D eigenvalue weighted by molar-refractivity contribution is 5.49. The maximum absolute atomic E-state index is 13.6. The molecule has 0 unspecified atom stereocenters. The Balaban J connectivity index is 1.85. The summed E-state index contributed by atoms with van der Waals surface area (Å²) in [6, 6.07) is 3.81. The number of nitrogens with zero attached hydrogens (tertiary/aromatic N) is 1. The van der Waals surface area contributed by atoms with Crippen molar-refractivity contribution in [1.29, 1.82) is 0 Å². The second-order valence-electron chi connectivity index (χ2n) is 4.72. The SMILES string of the molecule is Fc1ccc(N2CCNC3(CC3)C2)c(F)c1. The molecule has 1 aliphatic heterocycles. The fourth-order valence-corrected chi connectivity index (χ4v) is 2.39. The Morgan fingerprint density at radius 1 is 1.25 bits per heavy atom. The van der Waals surface area contributed by atoms with Gasteiger partial charge in [0.1, 0.15) is 11.6 Å². The minimum Gasteiger partial charge on any atom is -0.366 e. The van der Waals surface area contributed by atoms with Crippen LogP contribution in [0.4, 0.5) is 14.5 Å². The van der Waals surface area contributed by atoms with E-state index in [2.05, 4.69) is 5.32 Å². The first-order valence-electron chi connectivity index (χ1n) is 5.64. The van der Waals surface area contributed by atoms with E-state index < -0.39 is 11.6 Å². The topological polar surface area (TPSA) is 15.3 Å². The van der Waals surface area contributed by atoms with Crippen LogP contribution in [0.1, 0.15) is 12.8 Å². The predicted molar refractivity (Wildman–Crippen MR) is 58.5 cm³/mol. The standard InChI is InChI=1S/C12H14F2N2/c13-9-1-2-11(10(14)7-9)16-6-5-15-12(8-16)3-4-12/h1-2,7,15H,3-6,8H2. The van der Waals surface area contributed by atoms with Gasteiger partial charge < -0.3 is 10.2 Å². The number of benzene rings is 1. The number of hydrogen-bond acceptors (Lipinski definition) is 2. The molecule has 1 spiro atoms. The molecule has 4 heteroatoms. The first kappa shape index (κ1) is 10.0. The zero-order chi connectivity index (χ0) is 11.2. The number of anilines is 1. The van der Waals surface area contributed by atoms with Crippen molar-refractivity contribution >= 4 is 5.69 Å². The van der Waals surface area contributed by atoms with Crippen LogP contribution in [-0.2, 0) is 0 Å². The van der Waals surface area contributed by atoms with Crippen molar-refractivity contribution in [3.63, 3.8) is 0 Å². The van der Waals surface area contributed by atoms with Crippen LogP contribution in [0, 0.1) is 11.6 Å². The molecule has 1 heterocycles. The summed E-state index contributed by atoms with van der Waals surface area (Å²) in [5.74, 6) is -0.977. The zero-order valence-corrected chi connectivity index (χ0v) is 8.97. The fourth-order valence-electron chi connectivity index (χ4n) is 2.39. The molecule has 0 bridgehead atoms. The first-order valence-corrected chi connectivity index (χ1v) is 5.64. The number of nitrogens with one attached hydrogen (secondary N) is 1. The van der Waals surface area contributed by atoms with Crippen LogP contribution >= 0.6 is 0 Å². The highest BCUT2D eigenvalue weighted by atomic mass is 19.1. The van der Waals surface area contributed by atoms with E-state index in [9.17, 15) is 8.78 Å². The Morgan fingerprint density at radius 3 is 2.75 bits per heavy atom. The Kier molecular flexibility index (Phi) is 2.14. The third kappa shape index (κ3) is 1.67. The Morgan fingerprint density at radius 2 is 2.06 bits per heavy atom. The monoisotopic (exact) mass is 224 g/mol. The summed E-state index contributed by atoms with van der Waals surface area (Å²) in [6.07, 6.45) is 2.32. The lowest BCUT2D eigenvalue weighted by Crippen LogP contribution is -2.52. The van der Waals surface area contributed by atoms with Gasteiger partial charge in [-0.15, -0.1) is 0 Å². The Labute approximate surface area is 93.3 Å². The van der Waals surface area contributed by atoms with E-state index in [1.54, 1.807) is 0 Å². The molecule has 1 aromatic carbocycles. The van der Waals surface area contributed by atoms with E-state index in [1.165, 1.54) is 12.1 Å². The Hall–Kier alpha value is -1.16. The summed E-state index contributed by atoms with van der Waals surface area (Å²) in [6.45, 7) is 2.48. The van der Waals surface area contributed by atoms with Gasteiger partial charge in [-0.3, -0.25) is 0 Å². The molecule has 2 nitrogen and oxygen atoms in total. The van der Waals surface area contributed by atoms with Gasteiger partial charge in [0.2, 0.25) is 0 Å². The predicted octanol–water partition coefficient (Wildman–Crippen LogP) is 1.91. The van der Waals surface area contributed by atoms with Crippen LogP contribution in [0.3, 0.4) is 0 Å². The van der Waals surface area contributed by atoms with Crippen LogP contribution in [0.5, 0.6) is 0 Å². The van der Waals surface area contributed by atoms with E-state index in [1.807, 2.05) is 4.90 Å². The lowest BCUT2D eigenvalue weighted by molar-refractivity contribution is 0.437. The second kappa shape index (κ2) is 3.42. The summed E-state index contributed by atoms with van der Waals surface area (Å²) in [4.78, 5) is 2.01. The number of hydrogen-bond donors (Lipinski definition) is 1. The molecule has 1 saturated heterocycles. The number of piperazine rings is 1. The van der Waals surface area contributed by atoms with Gasteiger partial charge in [-0.05, 0) is 25.0 Å². The van der Waals surface area contributed by atoms with E-state index >= 15 is 0 Å². The molecule has 3 rings (SSSR count). The average molecular weight is 224 g/mol. The fraction of sp³-hybridized carbons (Fsp3) is 0.500. The highest BCUT2D eigenvalue weighted by Crippen LogP contribution is 2.39. The summed E-state index contributed by atoms with van der Waals surface area (Å²) >= 11 is 0. The van der Waals surface area contributed by atoms with Crippen molar-refractivity contribution in [2.45, 2.75) is 18.4 Å². The third-order valence-electron chi connectivity index (χ3n) is 3.48. The van der Waals surface area contributed by atoms with E-state index in [4.69, 9.17) is 0 Å². The molecule has 1 aliphatic carbocycles. The van der Waals surface area contributed by atoms with Gasteiger partial charge in [0, 0.05) is 31.2 Å². The van der Waals surface area contributed by atoms with Crippen molar-refractivity contribution in [2.75, 3.05) is 24.5 Å². The van der Waals surface area contributed by atoms with Gasteiger partial charge in [-0.1, -0.05) is 0 Å². The van der Waals surface area contributed by atoms with Crippen LogP contribution in [0.15, 0.2) is 18.2 Å². The molecule has 0 amide bonds. The molecule has 1 saturated carbocycles. The van der Waals surface area contributed by atoms with Crippen LogP contribution in [-0.4, -0.2) is 25.2 Å². The average Bonchev–Trinajstić information content (AvgIpc) is 2.97. The van der Waals surface area contributed by atoms with Gasteiger partial charge in [0.05, 0.1) is 5.69 Å². The summed E-state index contributed by atoms with van der Waals surface area (Å²) in [5, 5.41) is 3.46. The minimum atomic E-state index is -0.516. The smallest absolute Gasteiger partial charge is 0.149 e. The normalized spacial score (nSPS) is 22.5. The van der Waals surface area contributed by atoms with E-state index in [0.717, 1.165) is 38.5 Å². The minimum absolute atomic E-state index is 0.207. The molecule has 16 heavy (non-hydrogen) atoms. The summed E-state index contributed by atoms with van der Waals surface area (Å²) in [7, 11) is 0. The molecule has 86 valence electrons. The van der Waals surface area contributed by atoms with Crippen LogP contribution in [0.2, 0.25) is 0 Å². The Bertz CT molecular complexity index is 415. The molecule has 2 aliphatic rings. The van der Waals surface area contributed by atoms with E-state index in [-0.39, 0.29) is 5.54 Å².